The van der Waals surface area contributed by atoms with E-state index in [1.165, 1.54) is 12.8 Å². The number of aromatic nitrogens is 1. The third kappa shape index (κ3) is 2.26. The highest BCUT2D eigenvalue weighted by Crippen LogP contribution is 2.37. The summed E-state index contributed by atoms with van der Waals surface area (Å²) in [5.41, 5.74) is 13.1. The van der Waals surface area contributed by atoms with Crippen LogP contribution < -0.4 is 16.4 Å². The van der Waals surface area contributed by atoms with Crippen molar-refractivity contribution in [2.24, 2.45) is 23.3 Å². The number of nitrogens with zero attached hydrogens (tertiary/aromatic N) is 2. The van der Waals surface area contributed by atoms with Crippen LogP contribution in [0.25, 0.3) is 0 Å². The number of amides is 1. The molecule has 3 atom stereocenters. The number of pyridine rings is 1. The molecule has 1 aliphatic carbocycles. The molecule has 1 aliphatic heterocycles. The van der Waals surface area contributed by atoms with E-state index in [9.17, 15) is 4.79 Å². The predicted octanol–water partition coefficient (Wildman–Crippen LogP) is 1.05. The van der Waals surface area contributed by atoms with E-state index in [2.05, 4.69) is 9.88 Å². The summed E-state index contributed by atoms with van der Waals surface area (Å²) in [6.45, 7) is 3.76. The molecule has 1 aromatic heterocycles. The zero-order valence-corrected chi connectivity index (χ0v) is 11.9. The summed E-state index contributed by atoms with van der Waals surface area (Å²) in [5.74, 6) is 1.47. The SMILES string of the molecule is Cc1ccc(C(N)=O)c(N2CC3CCCC(N)C3C2)n1. The molecule has 4 N–H and O–H groups in total. The summed E-state index contributed by atoms with van der Waals surface area (Å²) >= 11 is 0. The standard InChI is InChI=1S/C15H22N4O/c1-9-5-6-11(14(17)20)15(18-9)19-7-10-3-2-4-13(16)12(10)8-19/h5-6,10,12-13H,2-4,7-8,16H2,1H3,(H2,17,20). The van der Waals surface area contributed by atoms with Crippen LogP contribution in [0.15, 0.2) is 12.1 Å². The summed E-state index contributed by atoms with van der Waals surface area (Å²) in [6, 6.07) is 3.89. The maximum Gasteiger partial charge on any atom is 0.252 e. The van der Waals surface area contributed by atoms with Crippen molar-refractivity contribution in [1.29, 1.82) is 0 Å². The number of aryl methyl sites for hydroxylation is 1. The molecule has 0 spiro atoms. The minimum absolute atomic E-state index is 0.278. The van der Waals surface area contributed by atoms with Gasteiger partial charge in [-0.25, -0.2) is 4.98 Å². The molecule has 1 amide bonds. The van der Waals surface area contributed by atoms with E-state index in [0.29, 0.717) is 17.4 Å². The summed E-state index contributed by atoms with van der Waals surface area (Å²) in [6.07, 6.45) is 3.55. The lowest BCUT2D eigenvalue weighted by Crippen LogP contribution is -2.38. The number of anilines is 1. The zero-order valence-electron chi connectivity index (χ0n) is 11.9. The van der Waals surface area contributed by atoms with Gasteiger partial charge in [0.1, 0.15) is 5.82 Å². The molecule has 5 heteroatoms. The number of nitrogens with two attached hydrogens (primary N) is 2. The fourth-order valence-electron chi connectivity index (χ4n) is 3.67. The van der Waals surface area contributed by atoms with Crippen LogP contribution in [0.5, 0.6) is 0 Å². The Bertz CT molecular complexity index is 531. The van der Waals surface area contributed by atoms with Gasteiger partial charge in [0.2, 0.25) is 0 Å². The molecule has 2 fully saturated rings. The van der Waals surface area contributed by atoms with Crippen LogP contribution in [0.1, 0.15) is 35.3 Å². The highest BCUT2D eigenvalue weighted by Gasteiger charge is 2.39. The number of carbonyl (C=O) groups excluding carboxylic acids is 1. The summed E-state index contributed by atoms with van der Waals surface area (Å²) in [7, 11) is 0. The first kappa shape index (κ1) is 13.4. The van der Waals surface area contributed by atoms with E-state index >= 15 is 0 Å². The van der Waals surface area contributed by atoms with Crippen LogP contribution in [-0.2, 0) is 0 Å². The second-order valence-electron chi connectivity index (χ2n) is 6.11. The van der Waals surface area contributed by atoms with Gasteiger partial charge in [0.05, 0.1) is 5.56 Å². The molecular formula is C15H22N4O. The molecule has 0 radical (unpaired) electrons. The molecular weight excluding hydrogens is 252 g/mol. The Morgan fingerprint density at radius 1 is 1.35 bits per heavy atom. The number of primary amides is 1. The lowest BCUT2D eigenvalue weighted by atomic mass is 9.78. The topological polar surface area (TPSA) is 85.2 Å². The normalized spacial score (nSPS) is 29.3. The maximum atomic E-state index is 11.6. The second kappa shape index (κ2) is 5.05. The Hall–Kier alpha value is -1.62. The largest absolute Gasteiger partial charge is 0.365 e. The Labute approximate surface area is 119 Å². The second-order valence-corrected chi connectivity index (χ2v) is 6.11. The first-order valence-electron chi connectivity index (χ1n) is 7.34. The van der Waals surface area contributed by atoms with Gasteiger partial charge in [-0.15, -0.1) is 0 Å². The number of carbonyl (C=O) groups is 1. The Balaban J connectivity index is 1.90. The molecule has 5 nitrogen and oxygen atoms in total. The molecule has 20 heavy (non-hydrogen) atoms. The average Bonchev–Trinajstić information content (AvgIpc) is 2.83. The van der Waals surface area contributed by atoms with Gasteiger partial charge in [0.15, 0.2) is 0 Å². The zero-order chi connectivity index (χ0) is 14.3. The van der Waals surface area contributed by atoms with E-state index in [1.807, 2.05) is 13.0 Å². The smallest absolute Gasteiger partial charge is 0.252 e. The Morgan fingerprint density at radius 3 is 2.85 bits per heavy atom. The fourth-order valence-corrected chi connectivity index (χ4v) is 3.67. The minimum Gasteiger partial charge on any atom is -0.365 e. The summed E-state index contributed by atoms with van der Waals surface area (Å²) < 4.78 is 0. The van der Waals surface area contributed by atoms with Crippen LogP contribution >= 0.6 is 0 Å². The lowest BCUT2D eigenvalue weighted by Gasteiger charge is -2.29. The van der Waals surface area contributed by atoms with Gasteiger partial charge in [-0.2, -0.15) is 0 Å². The van der Waals surface area contributed by atoms with Gasteiger partial charge in [-0.1, -0.05) is 6.42 Å². The van der Waals surface area contributed by atoms with Crippen LogP contribution in [0.3, 0.4) is 0 Å². The van der Waals surface area contributed by atoms with E-state index in [1.54, 1.807) is 6.07 Å². The van der Waals surface area contributed by atoms with Crippen molar-refractivity contribution in [3.63, 3.8) is 0 Å². The van der Waals surface area contributed by atoms with Gasteiger partial charge >= 0.3 is 0 Å². The van der Waals surface area contributed by atoms with E-state index in [4.69, 9.17) is 11.5 Å². The van der Waals surface area contributed by atoms with Crippen LogP contribution in [0, 0.1) is 18.8 Å². The third-order valence-electron chi connectivity index (χ3n) is 4.73. The minimum atomic E-state index is -0.410. The van der Waals surface area contributed by atoms with E-state index in [-0.39, 0.29) is 6.04 Å². The van der Waals surface area contributed by atoms with Crippen LogP contribution in [-0.4, -0.2) is 30.0 Å². The van der Waals surface area contributed by atoms with Crippen molar-refractivity contribution in [3.05, 3.63) is 23.4 Å². The van der Waals surface area contributed by atoms with Gasteiger partial charge in [-0.3, -0.25) is 4.79 Å². The highest BCUT2D eigenvalue weighted by molar-refractivity contribution is 5.97. The Kier molecular flexibility index (Phi) is 3.38. The maximum absolute atomic E-state index is 11.6. The van der Waals surface area contributed by atoms with Crippen molar-refractivity contribution in [1.82, 2.24) is 4.98 Å². The van der Waals surface area contributed by atoms with Crippen molar-refractivity contribution in [2.45, 2.75) is 32.2 Å². The van der Waals surface area contributed by atoms with Crippen molar-refractivity contribution < 1.29 is 4.79 Å². The number of fused-ring (bicyclic) bond motifs is 1. The molecule has 1 saturated heterocycles. The molecule has 2 heterocycles. The van der Waals surface area contributed by atoms with Gasteiger partial charge in [0, 0.05) is 24.8 Å². The van der Waals surface area contributed by atoms with Crippen molar-refractivity contribution >= 4 is 11.7 Å². The molecule has 0 aromatic carbocycles. The fraction of sp³-hybridized carbons (Fsp3) is 0.600. The average molecular weight is 274 g/mol. The first-order valence-corrected chi connectivity index (χ1v) is 7.34. The lowest BCUT2D eigenvalue weighted by molar-refractivity contribution is 0.100. The first-order chi connectivity index (χ1) is 9.56. The van der Waals surface area contributed by atoms with E-state index in [0.717, 1.165) is 31.0 Å². The van der Waals surface area contributed by atoms with Crippen LogP contribution in [0.4, 0.5) is 5.82 Å². The highest BCUT2D eigenvalue weighted by atomic mass is 16.1. The molecule has 3 rings (SSSR count). The summed E-state index contributed by atoms with van der Waals surface area (Å²) in [5, 5.41) is 0. The van der Waals surface area contributed by atoms with Crippen LogP contribution in [0.2, 0.25) is 0 Å². The quantitative estimate of drug-likeness (QED) is 0.844. The monoisotopic (exact) mass is 274 g/mol. The predicted molar refractivity (Wildman–Crippen MR) is 78.5 cm³/mol. The molecule has 1 saturated carbocycles. The van der Waals surface area contributed by atoms with Gasteiger partial charge < -0.3 is 16.4 Å². The van der Waals surface area contributed by atoms with Gasteiger partial charge in [-0.05, 0) is 43.7 Å². The van der Waals surface area contributed by atoms with Gasteiger partial charge in [0.25, 0.3) is 5.91 Å². The number of hydrogen-bond donors (Lipinski definition) is 2. The summed E-state index contributed by atoms with van der Waals surface area (Å²) in [4.78, 5) is 18.3. The van der Waals surface area contributed by atoms with Crippen molar-refractivity contribution in [2.75, 3.05) is 18.0 Å². The Morgan fingerprint density at radius 2 is 2.15 bits per heavy atom. The molecule has 1 aromatic rings. The molecule has 108 valence electrons. The molecule has 2 aliphatic rings. The van der Waals surface area contributed by atoms with E-state index < -0.39 is 5.91 Å². The third-order valence-corrected chi connectivity index (χ3v) is 4.73. The number of rotatable bonds is 2. The number of hydrogen-bond acceptors (Lipinski definition) is 4. The molecule has 0 bridgehead atoms. The van der Waals surface area contributed by atoms with Crippen molar-refractivity contribution in [3.8, 4) is 0 Å². The molecule has 3 unspecified atom stereocenters.